The van der Waals surface area contributed by atoms with Gasteiger partial charge in [-0.2, -0.15) is 0 Å². The van der Waals surface area contributed by atoms with Gasteiger partial charge in [-0.3, -0.25) is 9.59 Å². The van der Waals surface area contributed by atoms with Gasteiger partial charge in [-0.1, -0.05) is 6.92 Å². The van der Waals surface area contributed by atoms with Crippen LogP contribution in [0.3, 0.4) is 0 Å². The van der Waals surface area contributed by atoms with E-state index in [0.717, 1.165) is 12.8 Å². The number of amides is 1. The fourth-order valence-electron chi connectivity index (χ4n) is 2.82. The molecule has 0 saturated heterocycles. The second-order valence-corrected chi connectivity index (χ2v) is 5.96. The van der Waals surface area contributed by atoms with Crippen LogP contribution in [0.15, 0.2) is 18.3 Å². The van der Waals surface area contributed by atoms with Crippen molar-refractivity contribution in [1.29, 1.82) is 0 Å². The molecule has 0 unspecified atom stereocenters. The molecule has 2 N–H and O–H groups in total. The highest BCUT2D eigenvalue weighted by Gasteiger charge is 2.41. The van der Waals surface area contributed by atoms with Gasteiger partial charge in [-0.25, -0.2) is 0 Å². The Hall–Kier alpha value is -1.78. The van der Waals surface area contributed by atoms with E-state index in [1.807, 2.05) is 0 Å². The SMILES string of the molecule is CC1CCC(CNC(=O)c2cccn2C)(C(=O)O)CC1. The molecule has 110 valence electrons. The first-order valence-electron chi connectivity index (χ1n) is 7.07. The molecule has 0 spiro atoms. The largest absolute Gasteiger partial charge is 0.481 e. The van der Waals surface area contributed by atoms with Crippen LogP contribution in [0.4, 0.5) is 0 Å². The van der Waals surface area contributed by atoms with Gasteiger partial charge in [0.1, 0.15) is 5.69 Å². The van der Waals surface area contributed by atoms with E-state index in [1.54, 1.807) is 29.9 Å². The molecule has 0 radical (unpaired) electrons. The molecule has 1 fully saturated rings. The summed E-state index contributed by atoms with van der Waals surface area (Å²) in [6.45, 7) is 2.35. The van der Waals surface area contributed by atoms with Crippen LogP contribution >= 0.6 is 0 Å². The van der Waals surface area contributed by atoms with Crippen molar-refractivity contribution in [2.45, 2.75) is 32.6 Å². The number of aromatic nitrogens is 1. The number of aryl methyl sites for hydroxylation is 1. The molecule has 1 amide bonds. The third-order valence-electron chi connectivity index (χ3n) is 4.45. The van der Waals surface area contributed by atoms with Gasteiger partial charge in [0.25, 0.3) is 5.91 Å². The standard InChI is InChI=1S/C15H22N2O3/c1-11-5-7-15(8-6-11,14(19)20)10-16-13(18)12-4-3-9-17(12)2/h3-4,9,11H,5-8,10H2,1-2H3,(H,16,18)(H,19,20). The molecule has 2 rings (SSSR count). The van der Waals surface area contributed by atoms with Crippen LogP contribution < -0.4 is 5.32 Å². The Morgan fingerprint density at radius 1 is 1.45 bits per heavy atom. The fraction of sp³-hybridized carbons (Fsp3) is 0.600. The second-order valence-electron chi connectivity index (χ2n) is 5.96. The van der Waals surface area contributed by atoms with Crippen LogP contribution in [-0.2, 0) is 11.8 Å². The van der Waals surface area contributed by atoms with E-state index in [-0.39, 0.29) is 12.5 Å². The van der Waals surface area contributed by atoms with Crippen molar-refractivity contribution in [1.82, 2.24) is 9.88 Å². The lowest BCUT2D eigenvalue weighted by Gasteiger charge is -2.35. The summed E-state index contributed by atoms with van der Waals surface area (Å²) in [6.07, 6.45) is 4.89. The monoisotopic (exact) mass is 278 g/mol. The first kappa shape index (κ1) is 14.6. The Morgan fingerprint density at radius 3 is 2.60 bits per heavy atom. The van der Waals surface area contributed by atoms with Crippen molar-refractivity contribution in [2.75, 3.05) is 6.54 Å². The zero-order valence-corrected chi connectivity index (χ0v) is 12.1. The lowest BCUT2D eigenvalue weighted by molar-refractivity contribution is -0.151. The molecule has 20 heavy (non-hydrogen) atoms. The van der Waals surface area contributed by atoms with Gasteiger partial charge in [0.2, 0.25) is 0 Å². The van der Waals surface area contributed by atoms with Crippen molar-refractivity contribution in [3.05, 3.63) is 24.0 Å². The van der Waals surface area contributed by atoms with Crippen molar-refractivity contribution < 1.29 is 14.7 Å². The van der Waals surface area contributed by atoms with Crippen molar-refractivity contribution in [3.63, 3.8) is 0 Å². The Morgan fingerprint density at radius 2 is 2.10 bits per heavy atom. The summed E-state index contributed by atoms with van der Waals surface area (Å²) >= 11 is 0. The third kappa shape index (κ3) is 2.86. The number of aliphatic carboxylic acids is 1. The Bertz CT molecular complexity index is 499. The molecule has 1 heterocycles. The van der Waals surface area contributed by atoms with E-state index in [4.69, 9.17) is 0 Å². The molecule has 1 aromatic rings. The van der Waals surface area contributed by atoms with Gasteiger partial charge < -0.3 is 15.0 Å². The number of nitrogens with one attached hydrogen (secondary N) is 1. The van der Waals surface area contributed by atoms with Crippen molar-refractivity contribution in [2.24, 2.45) is 18.4 Å². The Labute approximate surface area is 119 Å². The third-order valence-corrected chi connectivity index (χ3v) is 4.45. The lowest BCUT2D eigenvalue weighted by Crippen LogP contribution is -2.45. The zero-order chi connectivity index (χ0) is 14.8. The van der Waals surface area contributed by atoms with Crippen molar-refractivity contribution in [3.8, 4) is 0 Å². The minimum atomic E-state index is -0.798. The Kier molecular flexibility index (Phi) is 4.16. The minimum absolute atomic E-state index is 0.207. The number of hydrogen-bond acceptors (Lipinski definition) is 2. The highest BCUT2D eigenvalue weighted by Crippen LogP contribution is 2.38. The summed E-state index contributed by atoms with van der Waals surface area (Å²) < 4.78 is 1.73. The van der Waals surface area contributed by atoms with E-state index in [1.165, 1.54) is 0 Å². The number of nitrogens with zero attached hydrogens (tertiary/aromatic N) is 1. The van der Waals surface area contributed by atoms with Crippen LogP contribution in [0.5, 0.6) is 0 Å². The number of rotatable bonds is 4. The molecule has 0 bridgehead atoms. The average molecular weight is 278 g/mol. The van der Waals surface area contributed by atoms with Crippen LogP contribution in [0.1, 0.15) is 43.1 Å². The van der Waals surface area contributed by atoms with Crippen LogP contribution in [0.25, 0.3) is 0 Å². The fourth-order valence-corrected chi connectivity index (χ4v) is 2.82. The summed E-state index contributed by atoms with van der Waals surface area (Å²) in [6, 6.07) is 3.52. The molecule has 1 saturated carbocycles. The molecule has 1 aliphatic carbocycles. The van der Waals surface area contributed by atoms with Gasteiger partial charge >= 0.3 is 5.97 Å². The van der Waals surface area contributed by atoms with E-state index >= 15 is 0 Å². The summed E-state index contributed by atoms with van der Waals surface area (Å²) in [4.78, 5) is 23.7. The van der Waals surface area contributed by atoms with E-state index in [9.17, 15) is 14.7 Å². The molecule has 1 aromatic heterocycles. The maximum absolute atomic E-state index is 12.1. The molecule has 1 aliphatic rings. The van der Waals surface area contributed by atoms with E-state index < -0.39 is 11.4 Å². The summed E-state index contributed by atoms with van der Waals surface area (Å²) in [5, 5.41) is 12.3. The maximum atomic E-state index is 12.1. The first-order chi connectivity index (χ1) is 9.44. The van der Waals surface area contributed by atoms with Crippen LogP contribution in [0.2, 0.25) is 0 Å². The van der Waals surface area contributed by atoms with Crippen molar-refractivity contribution >= 4 is 11.9 Å². The summed E-state index contributed by atoms with van der Waals surface area (Å²) in [5.41, 5.74) is -0.248. The highest BCUT2D eigenvalue weighted by molar-refractivity contribution is 5.93. The van der Waals surface area contributed by atoms with E-state index in [2.05, 4.69) is 12.2 Å². The molecular weight excluding hydrogens is 256 g/mol. The molecule has 0 aromatic carbocycles. The van der Waals surface area contributed by atoms with Crippen LogP contribution in [0, 0.1) is 11.3 Å². The summed E-state index contributed by atoms with van der Waals surface area (Å²) in [7, 11) is 1.80. The first-order valence-corrected chi connectivity index (χ1v) is 7.07. The quantitative estimate of drug-likeness (QED) is 0.885. The number of carbonyl (C=O) groups excluding carboxylic acids is 1. The van der Waals surface area contributed by atoms with Gasteiger partial charge in [-0.05, 0) is 43.7 Å². The zero-order valence-electron chi connectivity index (χ0n) is 12.1. The molecule has 5 nitrogen and oxygen atoms in total. The predicted octanol–water partition coefficient (Wildman–Crippen LogP) is 2.04. The maximum Gasteiger partial charge on any atom is 0.311 e. The number of carboxylic acids is 1. The topological polar surface area (TPSA) is 71.3 Å². The summed E-state index contributed by atoms with van der Waals surface area (Å²) in [5.74, 6) is -0.431. The van der Waals surface area contributed by atoms with Gasteiger partial charge in [0.15, 0.2) is 0 Å². The Balaban J connectivity index is 2.02. The minimum Gasteiger partial charge on any atom is -0.481 e. The second kappa shape index (κ2) is 5.69. The number of hydrogen-bond donors (Lipinski definition) is 2. The normalized spacial score (nSPS) is 26.2. The lowest BCUT2D eigenvalue weighted by atomic mass is 9.71. The van der Waals surface area contributed by atoms with E-state index in [0.29, 0.717) is 24.5 Å². The van der Waals surface area contributed by atoms with Gasteiger partial charge in [0.05, 0.1) is 5.41 Å². The number of carboxylic acid groups (broad SMARTS) is 1. The molecular formula is C15H22N2O3. The predicted molar refractivity (Wildman–Crippen MR) is 75.4 cm³/mol. The molecule has 0 aliphatic heterocycles. The van der Waals surface area contributed by atoms with Gasteiger partial charge in [-0.15, -0.1) is 0 Å². The number of carbonyl (C=O) groups is 2. The molecule has 5 heteroatoms. The molecule has 0 atom stereocenters. The highest BCUT2D eigenvalue weighted by atomic mass is 16.4. The average Bonchev–Trinajstić information content (AvgIpc) is 2.84. The van der Waals surface area contributed by atoms with Gasteiger partial charge in [0, 0.05) is 19.8 Å². The van der Waals surface area contributed by atoms with Crippen LogP contribution in [-0.4, -0.2) is 28.1 Å². The smallest absolute Gasteiger partial charge is 0.311 e.